The van der Waals surface area contributed by atoms with Crippen LogP contribution in [-0.2, 0) is 18.8 Å². The summed E-state index contributed by atoms with van der Waals surface area (Å²) in [4.78, 5) is 21.3. The largest absolute Gasteiger partial charge is 0.463 e. The SMILES string of the molecule is C=CC(=O)OCCC[Si](C)(C=O)OC. The van der Waals surface area contributed by atoms with Gasteiger partial charge in [-0.25, -0.2) is 4.79 Å². The van der Waals surface area contributed by atoms with Gasteiger partial charge in [0.2, 0.25) is 0 Å². The Balaban J connectivity index is 3.67. The van der Waals surface area contributed by atoms with E-state index in [4.69, 9.17) is 9.16 Å². The van der Waals surface area contributed by atoms with Crippen LogP contribution in [0.3, 0.4) is 0 Å². The third-order valence-electron chi connectivity index (χ3n) is 1.94. The molecule has 0 rings (SSSR count). The maximum absolute atomic E-state index is 10.7. The Bertz CT molecular complexity index is 217. The van der Waals surface area contributed by atoms with Crippen molar-refractivity contribution in [3.63, 3.8) is 0 Å². The van der Waals surface area contributed by atoms with Crippen molar-refractivity contribution in [1.29, 1.82) is 0 Å². The van der Waals surface area contributed by atoms with Crippen LogP contribution in [0, 0.1) is 0 Å². The first kappa shape index (κ1) is 13.1. The van der Waals surface area contributed by atoms with Gasteiger partial charge in [-0.05, 0) is 19.0 Å². The molecule has 0 saturated carbocycles. The Morgan fingerprint density at radius 3 is 2.64 bits per heavy atom. The van der Waals surface area contributed by atoms with Gasteiger partial charge in [-0.15, -0.1) is 0 Å². The van der Waals surface area contributed by atoms with Crippen molar-refractivity contribution < 1.29 is 18.8 Å². The third kappa shape index (κ3) is 4.93. The molecule has 0 aliphatic carbocycles. The zero-order valence-corrected chi connectivity index (χ0v) is 9.62. The summed E-state index contributed by atoms with van der Waals surface area (Å²) in [5, 5.41) is 0. The molecule has 0 aliphatic heterocycles. The van der Waals surface area contributed by atoms with Crippen LogP contribution in [0.5, 0.6) is 0 Å². The van der Waals surface area contributed by atoms with Crippen LogP contribution in [0.25, 0.3) is 0 Å². The molecule has 1 atom stereocenters. The topological polar surface area (TPSA) is 52.6 Å². The van der Waals surface area contributed by atoms with E-state index in [1.54, 1.807) is 0 Å². The number of esters is 1. The highest BCUT2D eigenvalue weighted by Gasteiger charge is 2.26. The lowest BCUT2D eigenvalue weighted by molar-refractivity contribution is -0.137. The monoisotopic (exact) mass is 216 g/mol. The summed E-state index contributed by atoms with van der Waals surface area (Å²) in [7, 11) is -0.639. The van der Waals surface area contributed by atoms with Crippen molar-refractivity contribution in [2.45, 2.75) is 19.0 Å². The lowest BCUT2D eigenvalue weighted by atomic mass is 10.5. The molecule has 4 nitrogen and oxygen atoms in total. The van der Waals surface area contributed by atoms with Gasteiger partial charge in [0.1, 0.15) is 5.91 Å². The Hall–Kier alpha value is -0.943. The summed E-state index contributed by atoms with van der Waals surface area (Å²) in [5.74, 6) is 0.458. The minimum Gasteiger partial charge on any atom is -0.463 e. The average Bonchev–Trinajstić information content (AvgIpc) is 2.23. The second-order valence-electron chi connectivity index (χ2n) is 3.11. The number of hydrogen-bond donors (Lipinski definition) is 0. The van der Waals surface area contributed by atoms with Gasteiger partial charge in [0.15, 0.2) is 0 Å². The van der Waals surface area contributed by atoms with Crippen LogP contribution in [0.1, 0.15) is 6.42 Å². The first-order valence-electron chi connectivity index (χ1n) is 4.38. The minimum absolute atomic E-state index is 0.310. The van der Waals surface area contributed by atoms with E-state index in [1.165, 1.54) is 7.11 Å². The second-order valence-corrected chi connectivity index (χ2v) is 6.88. The van der Waals surface area contributed by atoms with Crippen LogP contribution in [0.2, 0.25) is 12.6 Å². The summed E-state index contributed by atoms with van der Waals surface area (Å²) < 4.78 is 9.90. The normalized spacial score (nSPS) is 14.1. The highest BCUT2D eigenvalue weighted by molar-refractivity contribution is 6.95. The van der Waals surface area contributed by atoms with Gasteiger partial charge >= 0.3 is 5.97 Å². The molecule has 80 valence electrons. The summed E-state index contributed by atoms with van der Waals surface area (Å²) in [6.45, 7) is 5.41. The molecule has 0 saturated heterocycles. The van der Waals surface area contributed by atoms with E-state index in [0.717, 1.165) is 12.0 Å². The lowest BCUT2D eigenvalue weighted by Crippen LogP contribution is -2.35. The second kappa shape index (κ2) is 6.50. The highest BCUT2D eigenvalue weighted by atomic mass is 28.4. The molecule has 0 aromatic carbocycles. The van der Waals surface area contributed by atoms with Crippen LogP contribution in [0.4, 0.5) is 0 Å². The standard InChI is InChI=1S/C9H16O4Si/c1-4-9(11)13-6-5-7-14(3,8-10)12-2/h4,8H,1,5-7H2,2-3H3. The van der Waals surface area contributed by atoms with Crippen molar-refractivity contribution in [2.24, 2.45) is 0 Å². The van der Waals surface area contributed by atoms with Gasteiger partial charge < -0.3 is 14.0 Å². The smallest absolute Gasteiger partial charge is 0.330 e. The third-order valence-corrected chi connectivity index (χ3v) is 4.72. The number of rotatable bonds is 7. The molecule has 0 fully saturated rings. The molecule has 0 aromatic heterocycles. The van der Waals surface area contributed by atoms with E-state index in [0.29, 0.717) is 19.1 Å². The Labute approximate surface area is 85.0 Å². The summed E-state index contributed by atoms with van der Waals surface area (Å²) >= 11 is 0. The fourth-order valence-corrected chi connectivity index (χ4v) is 2.13. The van der Waals surface area contributed by atoms with E-state index in [-0.39, 0.29) is 0 Å². The predicted octanol–water partition coefficient (Wildman–Crippen LogP) is 1.10. The molecule has 0 heterocycles. The van der Waals surface area contributed by atoms with Gasteiger partial charge in [0, 0.05) is 13.2 Å². The van der Waals surface area contributed by atoms with E-state index in [1.807, 2.05) is 6.55 Å². The van der Waals surface area contributed by atoms with E-state index < -0.39 is 14.3 Å². The summed E-state index contributed by atoms with van der Waals surface area (Å²) in [5.41, 5.74) is 0. The first-order valence-corrected chi connectivity index (χ1v) is 7.08. The molecule has 0 amide bonds. The molecular formula is C9H16O4Si. The number of carbonyl (C=O) groups is 2. The van der Waals surface area contributed by atoms with E-state index in [9.17, 15) is 9.59 Å². The molecule has 0 spiro atoms. The van der Waals surface area contributed by atoms with Crippen molar-refractivity contribution >= 4 is 20.2 Å². The van der Waals surface area contributed by atoms with Gasteiger partial charge in [0.25, 0.3) is 8.32 Å². The van der Waals surface area contributed by atoms with Crippen molar-refractivity contribution in [2.75, 3.05) is 13.7 Å². The summed E-state index contributed by atoms with van der Waals surface area (Å²) in [6, 6.07) is 0.664. The number of carbonyl (C=O) groups excluding carboxylic acids is 2. The van der Waals surface area contributed by atoms with Crippen LogP contribution in [-0.4, -0.2) is 33.9 Å². The van der Waals surface area contributed by atoms with Gasteiger partial charge in [-0.3, -0.25) is 0 Å². The number of hydrogen-bond acceptors (Lipinski definition) is 4. The zero-order valence-electron chi connectivity index (χ0n) is 8.62. The maximum atomic E-state index is 10.7. The maximum Gasteiger partial charge on any atom is 0.330 e. The molecule has 5 heteroatoms. The fraction of sp³-hybridized carbons (Fsp3) is 0.556. The quantitative estimate of drug-likeness (QED) is 0.210. The molecule has 0 aromatic rings. The lowest BCUT2D eigenvalue weighted by Gasteiger charge is -2.17. The molecule has 0 N–H and O–H groups in total. The van der Waals surface area contributed by atoms with Gasteiger partial charge in [0.05, 0.1) is 6.61 Å². The number of ether oxygens (including phenoxy) is 1. The van der Waals surface area contributed by atoms with Gasteiger partial charge in [-0.1, -0.05) is 6.58 Å². The highest BCUT2D eigenvalue weighted by Crippen LogP contribution is 2.10. The van der Waals surface area contributed by atoms with E-state index in [2.05, 4.69) is 6.58 Å². The first-order chi connectivity index (χ1) is 6.58. The predicted molar refractivity (Wildman–Crippen MR) is 56.0 cm³/mol. The molecule has 14 heavy (non-hydrogen) atoms. The Morgan fingerprint density at radius 1 is 1.57 bits per heavy atom. The molecule has 0 radical (unpaired) electrons. The van der Waals surface area contributed by atoms with Gasteiger partial charge in [-0.2, -0.15) is 0 Å². The fourth-order valence-electron chi connectivity index (χ4n) is 0.864. The van der Waals surface area contributed by atoms with Crippen molar-refractivity contribution in [1.82, 2.24) is 0 Å². The zero-order chi connectivity index (χ0) is 11.0. The minimum atomic E-state index is -2.18. The molecule has 0 aliphatic rings. The average molecular weight is 216 g/mol. The van der Waals surface area contributed by atoms with E-state index >= 15 is 0 Å². The van der Waals surface area contributed by atoms with Crippen LogP contribution >= 0.6 is 0 Å². The Morgan fingerprint density at radius 2 is 2.21 bits per heavy atom. The Kier molecular flexibility index (Phi) is 6.06. The van der Waals surface area contributed by atoms with Crippen LogP contribution in [0.15, 0.2) is 12.7 Å². The molecule has 0 bridgehead atoms. The van der Waals surface area contributed by atoms with Crippen molar-refractivity contribution in [3.05, 3.63) is 12.7 Å². The molecular weight excluding hydrogens is 200 g/mol. The van der Waals surface area contributed by atoms with Crippen LogP contribution < -0.4 is 0 Å². The van der Waals surface area contributed by atoms with Crippen molar-refractivity contribution in [3.8, 4) is 0 Å². The molecule has 1 unspecified atom stereocenters. The summed E-state index contributed by atoms with van der Waals surface area (Å²) in [6.07, 6.45) is 1.77.